The molecule has 1 saturated heterocycles. The lowest BCUT2D eigenvalue weighted by Gasteiger charge is -2.27. The Bertz CT molecular complexity index is 263. The van der Waals surface area contributed by atoms with Crippen LogP contribution >= 0.6 is 0 Å². The van der Waals surface area contributed by atoms with Crippen molar-refractivity contribution >= 4 is 11.8 Å². The fourth-order valence-electron chi connectivity index (χ4n) is 1.82. The molecular formula is C12H22N2O3. The fourth-order valence-corrected chi connectivity index (χ4v) is 1.82. The third-order valence-electron chi connectivity index (χ3n) is 2.71. The average Bonchev–Trinajstić information content (AvgIpc) is 2.23. The maximum atomic E-state index is 11.5. The van der Waals surface area contributed by atoms with Gasteiger partial charge in [-0.15, -0.1) is 0 Å². The Labute approximate surface area is 102 Å². The normalized spacial score (nSPS) is 18.9. The standard InChI is InChI=1S/C12H22N2O3/c1-9(2)6-13-7-10(15)8-14-11(16)4-3-5-12(14)17/h9-10,13,15H,3-8H2,1-2H3. The van der Waals surface area contributed by atoms with E-state index in [2.05, 4.69) is 19.2 Å². The zero-order valence-corrected chi connectivity index (χ0v) is 10.6. The molecule has 0 radical (unpaired) electrons. The SMILES string of the molecule is CC(C)CNCC(O)CN1C(=O)CCCC1=O. The Morgan fingerprint density at radius 3 is 2.35 bits per heavy atom. The van der Waals surface area contributed by atoms with Crippen molar-refractivity contribution in [2.24, 2.45) is 5.92 Å². The summed E-state index contributed by atoms with van der Waals surface area (Å²) >= 11 is 0. The van der Waals surface area contributed by atoms with Gasteiger partial charge in [0.15, 0.2) is 0 Å². The molecule has 5 nitrogen and oxygen atoms in total. The third-order valence-corrected chi connectivity index (χ3v) is 2.71. The molecule has 0 saturated carbocycles. The highest BCUT2D eigenvalue weighted by Gasteiger charge is 2.27. The second kappa shape index (κ2) is 6.71. The number of likely N-dealkylation sites (tertiary alicyclic amines) is 1. The number of aliphatic hydroxyl groups excluding tert-OH is 1. The minimum absolute atomic E-state index is 0.114. The van der Waals surface area contributed by atoms with E-state index in [-0.39, 0.29) is 18.4 Å². The van der Waals surface area contributed by atoms with Crippen LogP contribution in [0.1, 0.15) is 33.1 Å². The van der Waals surface area contributed by atoms with Crippen molar-refractivity contribution in [3.05, 3.63) is 0 Å². The van der Waals surface area contributed by atoms with Gasteiger partial charge >= 0.3 is 0 Å². The monoisotopic (exact) mass is 242 g/mol. The zero-order valence-electron chi connectivity index (χ0n) is 10.6. The first-order valence-electron chi connectivity index (χ1n) is 6.22. The summed E-state index contributed by atoms with van der Waals surface area (Å²) in [5.74, 6) is 0.189. The van der Waals surface area contributed by atoms with E-state index in [1.54, 1.807) is 0 Å². The Balaban J connectivity index is 2.31. The van der Waals surface area contributed by atoms with Gasteiger partial charge in [-0.25, -0.2) is 0 Å². The summed E-state index contributed by atoms with van der Waals surface area (Å²) in [6, 6.07) is 0. The van der Waals surface area contributed by atoms with Gasteiger partial charge in [0, 0.05) is 19.4 Å². The summed E-state index contributed by atoms with van der Waals surface area (Å²) in [6.45, 7) is 5.51. The van der Waals surface area contributed by atoms with Crippen molar-refractivity contribution in [2.75, 3.05) is 19.6 Å². The van der Waals surface area contributed by atoms with Crippen LogP contribution in [-0.2, 0) is 9.59 Å². The van der Waals surface area contributed by atoms with Crippen LogP contribution < -0.4 is 5.32 Å². The molecule has 0 aromatic carbocycles. The van der Waals surface area contributed by atoms with E-state index in [4.69, 9.17) is 0 Å². The van der Waals surface area contributed by atoms with Gasteiger partial charge in [0.05, 0.1) is 12.6 Å². The quantitative estimate of drug-likeness (QED) is 0.650. The first-order valence-corrected chi connectivity index (χ1v) is 6.22. The summed E-state index contributed by atoms with van der Waals surface area (Å²) in [4.78, 5) is 24.2. The maximum Gasteiger partial charge on any atom is 0.229 e. The molecule has 98 valence electrons. The molecule has 0 aromatic rings. The zero-order chi connectivity index (χ0) is 12.8. The molecule has 2 amide bonds. The van der Waals surface area contributed by atoms with Crippen LogP contribution in [0, 0.1) is 5.92 Å². The number of hydrogen-bond donors (Lipinski definition) is 2. The second-order valence-corrected chi connectivity index (χ2v) is 4.96. The van der Waals surface area contributed by atoms with E-state index < -0.39 is 6.10 Å². The molecule has 1 atom stereocenters. The van der Waals surface area contributed by atoms with Gasteiger partial charge in [-0.1, -0.05) is 13.8 Å². The molecule has 1 unspecified atom stereocenters. The lowest BCUT2D eigenvalue weighted by Crippen LogP contribution is -2.46. The molecule has 1 rings (SSSR count). The number of carbonyl (C=O) groups excluding carboxylic acids is 2. The maximum absolute atomic E-state index is 11.5. The molecule has 1 fully saturated rings. The molecule has 5 heteroatoms. The van der Waals surface area contributed by atoms with Crippen molar-refractivity contribution in [3.8, 4) is 0 Å². The van der Waals surface area contributed by atoms with Gasteiger partial charge in [-0.05, 0) is 18.9 Å². The number of β-amino-alcohol motifs (C(OH)–C–C–N with tert-alkyl or cyclic N) is 1. The topological polar surface area (TPSA) is 69.6 Å². The Morgan fingerprint density at radius 1 is 1.24 bits per heavy atom. The second-order valence-electron chi connectivity index (χ2n) is 4.96. The molecule has 2 N–H and O–H groups in total. The van der Waals surface area contributed by atoms with E-state index in [0.717, 1.165) is 6.54 Å². The minimum Gasteiger partial charge on any atom is -0.390 e. The largest absolute Gasteiger partial charge is 0.390 e. The number of rotatable bonds is 6. The van der Waals surface area contributed by atoms with E-state index in [9.17, 15) is 14.7 Å². The molecule has 1 aliphatic heterocycles. The van der Waals surface area contributed by atoms with Crippen molar-refractivity contribution < 1.29 is 14.7 Å². The lowest BCUT2D eigenvalue weighted by molar-refractivity contribution is -0.149. The van der Waals surface area contributed by atoms with Gasteiger partial charge in [0.25, 0.3) is 0 Å². The van der Waals surface area contributed by atoms with Crippen LogP contribution in [0.3, 0.4) is 0 Å². The summed E-state index contributed by atoms with van der Waals surface area (Å²) in [5.41, 5.74) is 0. The van der Waals surface area contributed by atoms with Crippen LogP contribution in [0.15, 0.2) is 0 Å². The Morgan fingerprint density at radius 2 is 1.82 bits per heavy atom. The molecular weight excluding hydrogens is 220 g/mol. The predicted octanol–water partition coefficient (Wildman–Crippen LogP) is 0.132. The molecule has 0 bridgehead atoms. The number of nitrogens with one attached hydrogen (secondary N) is 1. The van der Waals surface area contributed by atoms with E-state index in [1.165, 1.54) is 4.90 Å². The van der Waals surface area contributed by atoms with Crippen LogP contribution in [0.25, 0.3) is 0 Å². The highest BCUT2D eigenvalue weighted by Crippen LogP contribution is 2.12. The summed E-state index contributed by atoms with van der Waals surface area (Å²) in [7, 11) is 0. The molecule has 0 spiro atoms. The smallest absolute Gasteiger partial charge is 0.229 e. The van der Waals surface area contributed by atoms with Crippen LogP contribution in [-0.4, -0.2) is 47.6 Å². The highest BCUT2D eigenvalue weighted by molar-refractivity contribution is 5.97. The van der Waals surface area contributed by atoms with E-state index >= 15 is 0 Å². The van der Waals surface area contributed by atoms with Gasteiger partial charge in [-0.3, -0.25) is 14.5 Å². The number of hydrogen-bond acceptors (Lipinski definition) is 4. The number of imide groups is 1. The number of piperidine rings is 1. The number of carbonyl (C=O) groups is 2. The first-order chi connectivity index (χ1) is 8.00. The van der Waals surface area contributed by atoms with E-state index in [0.29, 0.717) is 31.7 Å². The lowest BCUT2D eigenvalue weighted by atomic mass is 10.1. The molecule has 1 heterocycles. The van der Waals surface area contributed by atoms with Gasteiger partial charge < -0.3 is 10.4 Å². The number of amides is 2. The summed E-state index contributed by atoms with van der Waals surface area (Å²) in [6.07, 6.45) is 0.783. The van der Waals surface area contributed by atoms with Crippen molar-refractivity contribution in [1.82, 2.24) is 10.2 Å². The molecule has 1 aliphatic rings. The number of nitrogens with zero attached hydrogens (tertiary/aromatic N) is 1. The van der Waals surface area contributed by atoms with Crippen molar-refractivity contribution in [2.45, 2.75) is 39.2 Å². The summed E-state index contributed by atoms with van der Waals surface area (Å²) in [5, 5.41) is 12.8. The van der Waals surface area contributed by atoms with Gasteiger partial charge in [-0.2, -0.15) is 0 Å². The van der Waals surface area contributed by atoms with Gasteiger partial charge in [0.2, 0.25) is 11.8 Å². The van der Waals surface area contributed by atoms with Crippen molar-refractivity contribution in [3.63, 3.8) is 0 Å². The molecule has 0 aliphatic carbocycles. The van der Waals surface area contributed by atoms with Crippen LogP contribution in [0.5, 0.6) is 0 Å². The average molecular weight is 242 g/mol. The summed E-state index contributed by atoms with van der Waals surface area (Å²) < 4.78 is 0. The Hall–Kier alpha value is -0.940. The van der Waals surface area contributed by atoms with E-state index in [1.807, 2.05) is 0 Å². The Kier molecular flexibility index (Phi) is 5.58. The molecule has 17 heavy (non-hydrogen) atoms. The third kappa shape index (κ3) is 4.83. The fraction of sp³-hybridized carbons (Fsp3) is 0.833. The molecule has 0 aromatic heterocycles. The minimum atomic E-state index is -0.681. The van der Waals surface area contributed by atoms with Crippen LogP contribution in [0.4, 0.5) is 0 Å². The predicted molar refractivity (Wildman–Crippen MR) is 64.3 cm³/mol. The van der Waals surface area contributed by atoms with Crippen molar-refractivity contribution in [1.29, 1.82) is 0 Å². The van der Waals surface area contributed by atoms with Gasteiger partial charge in [0.1, 0.15) is 0 Å². The highest BCUT2D eigenvalue weighted by atomic mass is 16.3. The van der Waals surface area contributed by atoms with Crippen LogP contribution in [0.2, 0.25) is 0 Å². The first kappa shape index (κ1) is 14.1. The number of aliphatic hydroxyl groups is 1.